The number of hydrogen-bond donors (Lipinski definition) is 1. The van der Waals surface area contributed by atoms with Crippen LogP contribution in [0.5, 0.6) is 0 Å². The van der Waals surface area contributed by atoms with Gasteiger partial charge in [0, 0.05) is 19.1 Å². The number of carbonyl (C=O) groups excluding carboxylic acids is 1. The Morgan fingerprint density at radius 2 is 2.06 bits per heavy atom. The summed E-state index contributed by atoms with van der Waals surface area (Å²) in [5.41, 5.74) is -0.336. The number of piperazine rings is 1. The molecule has 2 bridgehead atoms. The van der Waals surface area contributed by atoms with Gasteiger partial charge < -0.3 is 10.1 Å². The van der Waals surface area contributed by atoms with Crippen LogP contribution in [0.4, 0.5) is 4.79 Å². The molecule has 18 heavy (non-hydrogen) atoms. The quantitative estimate of drug-likeness (QED) is 0.777. The van der Waals surface area contributed by atoms with Crippen molar-refractivity contribution in [1.82, 2.24) is 10.2 Å². The van der Waals surface area contributed by atoms with Gasteiger partial charge in [-0.15, -0.1) is 0 Å². The van der Waals surface area contributed by atoms with Crippen molar-refractivity contribution < 1.29 is 9.53 Å². The fourth-order valence-corrected chi connectivity index (χ4v) is 3.66. The SMILES string of the molecule is CC(C)(C)OC(=O)N1[C@H]2CC[C@]1(C1CC1)CNC2. The van der Waals surface area contributed by atoms with Crippen molar-refractivity contribution in [2.75, 3.05) is 13.1 Å². The Morgan fingerprint density at radius 1 is 1.33 bits per heavy atom. The molecule has 4 nitrogen and oxygen atoms in total. The summed E-state index contributed by atoms with van der Waals surface area (Å²) in [6.07, 6.45) is 4.72. The van der Waals surface area contributed by atoms with Crippen LogP contribution in [0.15, 0.2) is 0 Å². The van der Waals surface area contributed by atoms with Crippen LogP contribution in [0.2, 0.25) is 0 Å². The van der Waals surface area contributed by atoms with Crippen molar-refractivity contribution in [1.29, 1.82) is 0 Å². The summed E-state index contributed by atoms with van der Waals surface area (Å²) in [5.74, 6) is 0.697. The van der Waals surface area contributed by atoms with Gasteiger partial charge in [-0.1, -0.05) is 0 Å². The number of amides is 1. The van der Waals surface area contributed by atoms with Crippen molar-refractivity contribution in [2.45, 2.75) is 63.6 Å². The van der Waals surface area contributed by atoms with Gasteiger partial charge in [0.25, 0.3) is 0 Å². The minimum atomic E-state index is -0.397. The maximum absolute atomic E-state index is 12.5. The van der Waals surface area contributed by atoms with E-state index in [1.165, 1.54) is 12.8 Å². The first-order valence-corrected chi connectivity index (χ1v) is 7.15. The zero-order valence-corrected chi connectivity index (χ0v) is 11.7. The fourth-order valence-electron chi connectivity index (χ4n) is 3.66. The van der Waals surface area contributed by atoms with E-state index >= 15 is 0 Å². The highest BCUT2D eigenvalue weighted by Gasteiger charge is 2.59. The second kappa shape index (κ2) is 3.86. The Bertz CT molecular complexity index is 355. The van der Waals surface area contributed by atoms with Crippen molar-refractivity contribution in [3.8, 4) is 0 Å². The van der Waals surface area contributed by atoms with E-state index in [1.807, 2.05) is 20.8 Å². The highest BCUT2D eigenvalue weighted by atomic mass is 16.6. The molecule has 4 heteroatoms. The molecule has 0 unspecified atom stereocenters. The van der Waals surface area contributed by atoms with Gasteiger partial charge in [0.1, 0.15) is 5.60 Å². The third-order valence-corrected chi connectivity index (χ3v) is 4.49. The smallest absolute Gasteiger partial charge is 0.411 e. The minimum absolute atomic E-state index is 0.0608. The van der Waals surface area contributed by atoms with E-state index in [0.717, 1.165) is 25.9 Å². The second-order valence-corrected chi connectivity index (χ2v) is 7.05. The van der Waals surface area contributed by atoms with Gasteiger partial charge in [0.2, 0.25) is 0 Å². The zero-order chi connectivity index (χ0) is 13.0. The molecule has 0 aromatic carbocycles. The Labute approximate surface area is 109 Å². The number of carbonyl (C=O) groups is 1. The lowest BCUT2D eigenvalue weighted by molar-refractivity contribution is -0.0155. The summed E-state index contributed by atoms with van der Waals surface area (Å²) in [5, 5.41) is 3.51. The van der Waals surface area contributed by atoms with Crippen LogP contribution in [-0.4, -0.2) is 41.3 Å². The van der Waals surface area contributed by atoms with Crippen LogP contribution in [0.1, 0.15) is 46.5 Å². The molecule has 3 aliphatic rings. The Balaban J connectivity index is 1.82. The van der Waals surface area contributed by atoms with Gasteiger partial charge in [-0.3, -0.25) is 4.90 Å². The zero-order valence-electron chi connectivity index (χ0n) is 11.7. The van der Waals surface area contributed by atoms with E-state index in [1.54, 1.807) is 0 Å². The van der Waals surface area contributed by atoms with E-state index in [2.05, 4.69) is 10.2 Å². The van der Waals surface area contributed by atoms with Crippen LogP contribution >= 0.6 is 0 Å². The van der Waals surface area contributed by atoms with Gasteiger partial charge in [-0.25, -0.2) is 4.79 Å². The molecular formula is C14H24N2O2. The summed E-state index contributed by atoms with van der Waals surface area (Å²) in [6.45, 7) is 7.71. The van der Waals surface area contributed by atoms with Crippen molar-refractivity contribution in [3.63, 3.8) is 0 Å². The van der Waals surface area contributed by atoms with Crippen LogP contribution in [0.25, 0.3) is 0 Å². The predicted octanol–water partition coefficient (Wildman–Crippen LogP) is 2.14. The molecule has 102 valence electrons. The van der Waals surface area contributed by atoms with Gasteiger partial charge in [-0.2, -0.15) is 0 Å². The Kier molecular flexibility index (Phi) is 2.63. The maximum Gasteiger partial charge on any atom is 0.411 e. The van der Waals surface area contributed by atoms with E-state index in [0.29, 0.717) is 12.0 Å². The van der Waals surface area contributed by atoms with Crippen molar-refractivity contribution in [3.05, 3.63) is 0 Å². The van der Waals surface area contributed by atoms with Gasteiger partial charge in [0.05, 0.1) is 5.54 Å². The molecule has 3 fully saturated rings. The van der Waals surface area contributed by atoms with E-state index in [-0.39, 0.29) is 11.6 Å². The van der Waals surface area contributed by atoms with Gasteiger partial charge >= 0.3 is 6.09 Å². The number of nitrogens with zero attached hydrogens (tertiary/aromatic N) is 1. The number of hydrogen-bond acceptors (Lipinski definition) is 3. The molecular weight excluding hydrogens is 228 g/mol. The molecule has 0 aromatic heterocycles. The molecule has 2 aliphatic heterocycles. The average molecular weight is 252 g/mol. The third-order valence-electron chi connectivity index (χ3n) is 4.49. The average Bonchev–Trinajstić information content (AvgIpc) is 3.04. The molecule has 0 spiro atoms. The Hall–Kier alpha value is -0.770. The summed E-state index contributed by atoms with van der Waals surface area (Å²) in [4.78, 5) is 14.6. The molecule has 2 saturated heterocycles. The van der Waals surface area contributed by atoms with Crippen LogP contribution in [-0.2, 0) is 4.74 Å². The number of fused-ring (bicyclic) bond motifs is 2. The van der Waals surface area contributed by atoms with Gasteiger partial charge in [0.15, 0.2) is 0 Å². The lowest BCUT2D eigenvalue weighted by atomic mass is 9.90. The van der Waals surface area contributed by atoms with Crippen molar-refractivity contribution in [2.24, 2.45) is 5.92 Å². The molecule has 0 aromatic rings. The monoisotopic (exact) mass is 252 g/mol. The summed E-state index contributed by atoms with van der Waals surface area (Å²) in [6, 6.07) is 0.342. The third kappa shape index (κ3) is 1.91. The van der Waals surface area contributed by atoms with Gasteiger partial charge in [-0.05, 0) is 52.4 Å². The second-order valence-electron chi connectivity index (χ2n) is 7.05. The number of rotatable bonds is 1. The van der Waals surface area contributed by atoms with Crippen LogP contribution in [0, 0.1) is 5.92 Å². The topological polar surface area (TPSA) is 41.6 Å². The first kappa shape index (κ1) is 12.3. The van der Waals surface area contributed by atoms with Crippen LogP contribution < -0.4 is 5.32 Å². The molecule has 0 radical (unpaired) electrons. The maximum atomic E-state index is 12.5. The van der Waals surface area contributed by atoms with E-state index in [9.17, 15) is 4.79 Å². The summed E-state index contributed by atoms with van der Waals surface area (Å²) in [7, 11) is 0. The molecule has 1 aliphatic carbocycles. The molecule has 1 saturated carbocycles. The first-order chi connectivity index (χ1) is 8.42. The standard InChI is InChI=1S/C14H24N2O2/c1-13(2,3)18-12(17)16-11-6-7-14(16,9-15-8-11)10-4-5-10/h10-11,15H,4-9H2,1-3H3/t11-,14+/m0/s1. The predicted molar refractivity (Wildman–Crippen MR) is 69.4 cm³/mol. The minimum Gasteiger partial charge on any atom is -0.444 e. The molecule has 1 N–H and O–H groups in total. The van der Waals surface area contributed by atoms with E-state index in [4.69, 9.17) is 4.74 Å². The fraction of sp³-hybridized carbons (Fsp3) is 0.929. The molecule has 2 atom stereocenters. The first-order valence-electron chi connectivity index (χ1n) is 7.15. The molecule has 2 heterocycles. The molecule has 1 amide bonds. The normalized spacial score (nSPS) is 35.7. The van der Waals surface area contributed by atoms with Crippen molar-refractivity contribution >= 4 is 6.09 Å². The number of nitrogens with one attached hydrogen (secondary N) is 1. The lowest BCUT2D eigenvalue weighted by Crippen LogP contribution is -2.64. The largest absolute Gasteiger partial charge is 0.444 e. The Morgan fingerprint density at radius 3 is 2.67 bits per heavy atom. The summed E-state index contributed by atoms with van der Waals surface area (Å²) >= 11 is 0. The lowest BCUT2D eigenvalue weighted by Gasteiger charge is -2.45. The highest BCUT2D eigenvalue weighted by Crippen LogP contribution is 2.51. The van der Waals surface area contributed by atoms with Crippen LogP contribution in [0.3, 0.4) is 0 Å². The summed E-state index contributed by atoms with van der Waals surface area (Å²) < 4.78 is 5.62. The van der Waals surface area contributed by atoms with E-state index < -0.39 is 5.60 Å². The molecule has 3 rings (SSSR count). The highest BCUT2D eigenvalue weighted by molar-refractivity contribution is 5.71. The number of ether oxygens (including phenoxy) is 1.